The maximum absolute atomic E-state index is 2.36. The van der Waals surface area contributed by atoms with Crippen molar-refractivity contribution in [1.29, 1.82) is 0 Å². The van der Waals surface area contributed by atoms with E-state index in [1.807, 2.05) is 0 Å². The maximum Gasteiger partial charge on any atom is -0.0216 e. The molecule has 0 bridgehead atoms. The van der Waals surface area contributed by atoms with Gasteiger partial charge in [-0.15, -0.1) is 0 Å². The zero-order valence-electron chi connectivity index (χ0n) is 19.3. The van der Waals surface area contributed by atoms with Gasteiger partial charge in [-0.3, -0.25) is 0 Å². The van der Waals surface area contributed by atoms with Crippen LogP contribution in [0, 0.1) is 37.5 Å². The Morgan fingerprint density at radius 2 is 0.840 bits per heavy atom. The minimum absolute atomic E-state index is 0.631. The van der Waals surface area contributed by atoms with Gasteiger partial charge >= 0.3 is 0 Å². The van der Waals surface area contributed by atoms with Gasteiger partial charge in [0.2, 0.25) is 0 Å². The van der Waals surface area contributed by atoms with Crippen LogP contribution in [0.4, 0.5) is 0 Å². The van der Waals surface area contributed by atoms with Crippen molar-refractivity contribution < 1.29 is 0 Å². The fraction of sp³-hybridized carbons (Fsp3) is 0.760. The lowest BCUT2D eigenvalue weighted by Crippen LogP contribution is -2.12. The molecule has 2 atom stereocenters. The molecule has 0 aliphatic rings. The van der Waals surface area contributed by atoms with Gasteiger partial charge in [0.05, 0.1) is 0 Å². The molecule has 0 saturated carbocycles. The minimum Gasteiger partial charge on any atom is -0.0625 e. The molecule has 0 aromatic heterocycles. The van der Waals surface area contributed by atoms with Crippen molar-refractivity contribution in [1.82, 2.24) is 0 Å². The van der Waals surface area contributed by atoms with Crippen LogP contribution in [-0.4, -0.2) is 0 Å². The Labute approximate surface area is 159 Å². The Bertz CT molecular complexity index is 446. The lowest BCUT2D eigenvalue weighted by atomic mass is 9.84. The molecule has 2 unspecified atom stereocenters. The molecule has 0 fully saturated rings. The van der Waals surface area contributed by atoms with Gasteiger partial charge in [-0.1, -0.05) is 81.4 Å². The monoisotopic (exact) mass is 346 g/mol. The zero-order chi connectivity index (χ0) is 19.9. The smallest absolute Gasteiger partial charge is 0.0216 e. The second-order valence-corrected chi connectivity index (χ2v) is 9.55. The Hall–Kier alpha value is -0.780. The van der Waals surface area contributed by atoms with E-state index in [-0.39, 0.29) is 0 Å². The van der Waals surface area contributed by atoms with E-state index in [0.29, 0.717) is 11.8 Å². The largest absolute Gasteiger partial charge is 0.0625 e. The number of hydrogen-bond acceptors (Lipinski definition) is 0. The summed E-state index contributed by atoms with van der Waals surface area (Å²) in [6.45, 7) is 27.5. The van der Waals surface area contributed by atoms with Crippen molar-refractivity contribution in [2.24, 2.45) is 23.7 Å². The summed E-state index contributed by atoms with van der Waals surface area (Å²) in [6, 6.07) is 4.71. The number of benzene rings is 1. The van der Waals surface area contributed by atoms with Crippen LogP contribution in [0.5, 0.6) is 0 Å². The first kappa shape index (κ1) is 24.2. The Morgan fingerprint density at radius 1 is 0.560 bits per heavy atom. The highest BCUT2D eigenvalue weighted by Gasteiger charge is 2.14. The third-order valence-electron chi connectivity index (χ3n) is 5.96. The van der Waals surface area contributed by atoms with E-state index in [0.717, 1.165) is 23.7 Å². The molecule has 0 amide bonds. The molecule has 146 valence electrons. The third-order valence-corrected chi connectivity index (χ3v) is 5.96. The minimum atomic E-state index is 0.631. The summed E-state index contributed by atoms with van der Waals surface area (Å²) in [4.78, 5) is 0. The van der Waals surface area contributed by atoms with E-state index in [1.54, 1.807) is 0 Å². The highest BCUT2D eigenvalue weighted by molar-refractivity contribution is 5.40. The van der Waals surface area contributed by atoms with E-state index >= 15 is 0 Å². The first-order valence-electron chi connectivity index (χ1n) is 10.5. The summed E-state index contributed by atoms with van der Waals surface area (Å²) >= 11 is 0. The molecule has 25 heavy (non-hydrogen) atoms. The van der Waals surface area contributed by atoms with Crippen molar-refractivity contribution in [3.05, 3.63) is 34.4 Å². The van der Waals surface area contributed by atoms with Crippen LogP contribution in [0.15, 0.2) is 12.1 Å². The topological polar surface area (TPSA) is 0 Å². The Balaban J connectivity index is 0.000000477. The maximum atomic E-state index is 2.36. The molecule has 1 rings (SSSR count). The third kappa shape index (κ3) is 8.43. The Kier molecular flexibility index (Phi) is 10.7. The van der Waals surface area contributed by atoms with Gasteiger partial charge in [0, 0.05) is 0 Å². The average molecular weight is 347 g/mol. The number of aryl methyl sites for hydroxylation is 2. The molecule has 0 heterocycles. The van der Waals surface area contributed by atoms with Gasteiger partial charge in [-0.2, -0.15) is 0 Å². The van der Waals surface area contributed by atoms with Crippen LogP contribution in [0.25, 0.3) is 0 Å². The Morgan fingerprint density at radius 3 is 1.04 bits per heavy atom. The molecule has 0 aliphatic carbocycles. The van der Waals surface area contributed by atoms with Crippen molar-refractivity contribution >= 4 is 0 Å². The van der Waals surface area contributed by atoms with Crippen molar-refractivity contribution in [3.8, 4) is 0 Å². The van der Waals surface area contributed by atoms with Crippen LogP contribution in [-0.2, 0) is 0 Å². The fourth-order valence-corrected chi connectivity index (χ4v) is 2.99. The van der Waals surface area contributed by atoms with Crippen molar-refractivity contribution in [3.63, 3.8) is 0 Å². The summed E-state index contributed by atoms with van der Waals surface area (Å²) in [5.41, 5.74) is 5.86. The van der Waals surface area contributed by atoms with Gasteiger partial charge in [-0.05, 0) is 78.0 Å². The van der Waals surface area contributed by atoms with Crippen LogP contribution < -0.4 is 0 Å². The van der Waals surface area contributed by atoms with Crippen LogP contribution in [0.3, 0.4) is 0 Å². The van der Waals surface area contributed by atoms with E-state index in [4.69, 9.17) is 0 Å². The number of rotatable bonds is 6. The second-order valence-electron chi connectivity index (χ2n) is 9.55. The molecular formula is C25H46. The van der Waals surface area contributed by atoms with Gasteiger partial charge in [0.15, 0.2) is 0 Å². The van der Waals surface area contributed by atoms with E-state index in [2.05, 4.69) is 95.2 Å². The van der Waals surface area contributed by atoms with Gasteiger partial charge < -0.3 is 0 Å². The van der Waals surface area contributed by atoms with E-state index in [9.17, 15) is 0 Å². The van der Waals surface area contributed by atoms with Gasteiger partial charge in [0.1, 0.15) is 0 Å². The average Bonchev–Trinajstić information content (AvgIpc) is 2.49. The van der Waals surface area contributed by atoms with Crippen LogP contribution in [0.1, 0.15) is 110 Å². The highest BCUT2D eigenvalue weighted by Crippen LogP contribution is 2.28. The SMILES string of the molecule is CC(C)C(C)CC(C)C(C)C.Cc1cc(C(C)C)c(C(C)C)cc1C. The fourth-order valence-electron chi connectivity index (χ4n) is 2.99. The van der Waals surface area contributed by atoms with E-state index in [1.165, 1.54) is 28.7 Å². The number of hydrogen-bond donors (Lipinski definition) is 0. The van der Waals surface area contributed by atoms with Gasteiger partial charge in [-0.25, -0.2) is 0 Å². The molecule has 1 aromatic carbocycles. The molecule has 0 radical (unpaired) electrons. The van der Waals surface area contributed by atoms with Crippen LogP contribution >= 0.6 is 0 Å². The summed E-state index contributed by atoms with van der Waals surface area (Å²) in [6.07, 6.45) is 1.38. The standard InChI is InChI=1S/C14H22.C11H24/c1-9(2)13-7-11(5)12(6)8-14(13)10(3)4;1-8(2)10(5)7-11(6)9(3)4/h7-10H,1-6H3;8-11H,7H2,1-6H3. The molecule has 0 nitrogen and oxygen atoms in total. The molecule has 0 heteroatoms. The van der Waals surface area contributed by atoms with Crippen molar-refractivity contribution in [2.45, 2.75) is 101 Å². The summed E-state index contributed by atoms with van der Waals surface area (Å²) in [7, 11) is 0. The highest BCUT2D eigenvalue weighted by atomic mass is 14.2. The van der Waals surface area contributed by atoms with E-state index < -0.39 is 0 Å². The first-order chi connectivity index (χ1) is 11.4. The molecule has 0 spiro atoms. The predicted molar refractivity (Wildman–Crippen MR) is 117 cm³/mol. The van der Waals surface area contributed by atoms with Gasteiger partial charge in [0.25, 0.3) is 0 Å². The quantitative estimate of drug-likeness (QED) is 0.484. The molecule has 0 saturated heterocycles. The van der Waals surface area contributed by atoms with Crippen molar-refractivity contribution in [2.75, 3.05) is 0 Å². The van der Waals surface area contributed by atoms with Crippen LogP contribution in [0.2, 0.25) is 0 Å². The summed E-state index contributed by atoms with van der Waals surface area (Å²) in [5.74, 6) is 4.71. The molecule has 0 N–H and O–H groups in total. The first-order valence-corrected chi connectivity index (χ1v) is 10.5. The lowest BCUT2D eigenvalue weighted by molar-refractivity contribution is 0.283. The molecule has 0 aliphatic heterocycles. The zero-order valence-corrected chi connectivity index (χ0v) is 19.3. The molecule has 1 aromatic rings. The summed E-state index contributed by atoms with van der Waals surface area (Å²) < 4.78 is 0. The summed E-state index contributed by atoms with van der Waals surface area (Å²) in [5, 5.41) is 0. The second kappa shape index (κ2) is 11.0. The predicted octanol–water partition coefficient (Wildman–Crippen LogP) is 8.51. The lowest BCUT2D eigenvalue weighted by Gasteiger charge is -2.22. The molecular weight excluding hydrogens is 300 g/mol. The normalized spacial score (nSPS) is 14.1.